The second-order valence-corrected chi connectivity index (χ2v) is 2.04. The van der Waals surface area contributed by atoms with E-state index in [1.807, 2.05) is 0 Å². The highest BCUT2D eigenvalue weighted by Crippen LogP contribution is 1.96. The van der Waals surface area contributed by atoms with Crippen molar-refractivity contribution in [1.82, 2.24) is 10.5 Å². The summed E-state index contributed by atoms with van der Waals surface area (Å²) < 4.78 is 0. The van der Waals surface area contributed by atoms with E-state index in [1.165, 1.54) is 23.8 Å². The van der Waals surface area contributed by atoms with E-state index in [0.717, 1.165) is 0 Å². The lowest BCUT2D eigenvalue weighted by Gasteiger charge is -1.96. The summed E-state index contributed by atoms with van der Waals surface area (Å²) in [6.07, 6.45) is 1.87. The predicted molar refractivity (Wildman–Crippen MR) is 38.9 cm³/mol. The molecule has 0 aliphatic carbocycles. The van der Waals surface area contributed by atoms with Gasteiger partial charge in [0.15, 0.2) is 6.29 Å². The second kappa shape index (κ2) is 3.59. The zero-order valence-electron chi connectivity index (χ0n) is 6.02. The van der Waals surface area contributed by atoms with Gasteiger partial charge in [0.25, 0.3) is 5.91 Å². The molecule has 12 heavy (non-hydrogen) atoms. The molecule has 5 heteroatoms. The first kappa shape index (κ1) is 8.35. The van der Waals surface area contributed by atoms with E-state index >= 15 is 0 Å². The van der Waals surface area contributed by atoms with Gasteiger partial charge in [-0.15, -0.1) is 0 Å². The van der Waals surface area contributed by atoms with Crippen LogP contribution in [-0.2, 0) is 0 Å². The Bertz CT molecular complexity index is 294. The molecular formula is C7H6N2O3. The van der Waals surface area contributed by atoms with Crippen molar-refractivity contribution in [3.8, 4) is 0 Å². The molecule has 1 aromatic heterocycles. The third-order valence-electron chi connectivity index (χ3n) is 1.26. The van der Waals surface area contributed by atoms with Crippen LogP contribution in [0, 0.1) is 0 Å². The van der Waals surface area contributed by atoms with Gasteiger partial charge in [-0.2, -0.15) is 0 Å². The Morgan fingerprint density at radius 2 is 2.33 bits per heavy atom. The smallest absolute Gasteiger partial charge is 0.293 e. The Morgan fingerprint density at radius 1 is 1.58 bits per heavy atom. The van der Waals surface area contributed by atoms with Crippen LogP contribution in [0.4, 0.5) is 0 Å². The summed E-state index contributed by atoms with van der Waals surface area (Å²) in [5.41, 5.74) is 1.87. The predicted octanol–water partition coefficient (Wildman–Crippen LogP) is 0.0131. The Balaban J connectivity index is 2.91. The van der Waals surface area contributed by atoms with E-state index in [2.05, 4.69) is 4.98 Å². The maximum Gasteiger partial charge on any atom is 0.293 e. The molecule has 0 atom stereocenters. The maximum atomic E-state index is 10.7. The van der Waals surface area contributed by atoms with Crippen molar-refractivity contribution in [3.63, 3.8) is 0 Å². The molecule has 0 unspecified atom stereocenters. The molecule has 0 saturated heterocycles. The van der Waals surface area contributed by atoms with Gasteiger partial charge >= 0.3 is 0 Å². The zero-order chi connectivity index (χ0) is 8.97. The first-order valence-electron chi connectivity index (χ1n) is 3.13. The number of rotatable bonds is 2. The number of amides is 1. The summed E-state index contributed by atoms with van der Waals surface area (Å²) in [5, 5.41) is 8.21. The average molecular weight is 166 g/mol. The van der Waals surface area contributed by atoms with Gasteiger partial charge in [0.1, 0.15) is 5.69 Å². The van der Waals surface area contributed by atoms with Crippen LogP contribution in [-0.4, -0.2) is 22.4 Å². The summed E-state index contributed by atoms with van der Waals surface area (Å²) in [4.78, 5) is 24.5. The van der Waals surface area contributed by atoms with E-state index in [1.54, 1.807) is 0 Å². The van der Waals surface area contributed by atoms with E-state index in [-0.39, 0.29) is 5.69 Å². The molecule has 1 rings (SSSR count). The molecule has 0 aromatic carbocycles. The Morgan fingerprint density at radius 3 is 2.75 bits per heavy atom. The van der Waals surface area contributed by atoms with Crippen LogP contribution >= 0.6 is 0 Å². The van der Waals surface area contributed by atoms with Crippen molar-refractivity contribution in [2.24, 2.45) is 0 Å². The molecule has 0 aliphatic rings. The van der Waals surface area contributed by atoms with E-state index in [0.29, 0.717) is 11.8 Å². The second-order valence-electron chi connectivity index (χ2n) is 2.04. The third kappa shape index (κ3) is 1.64. The van der Waals surface area contributed by atoms with Gasteiger partial charge in [0, 0.05) is 11.8 Å². The maximum absolute atomic E-state index is 10.7. The third-order valence-corrected chi connectivity index (χ3v) is 1.26. The topological polar surface area (TPSA) is 79.3 Å². The van der Waals surface area contributed by atoms with Crippen LogP contribution in [0.3, 0.4) is 0 Å². The fraction of sp³-hybridized carbons (Fsp3) is 0. The minimum Gasteiger partial charge on any atom is -0.298 e. The lowest BCUT2D eigenvalue weighted by molar-refractivity contribution is 0.0700. The first-order valence-corrected chi connectivity index (χ1v) is 3.13. The lowest BCUT2D eigenvalue weighted by Crippen LogP contribution is -2.19. The molecule has 2 N–H and O–H groups in total. The molecule has 5 nitrogen and oxygen atoms in total. The molecule has 1 heterocycles. The molecule has 0 bridgehead atoms. The quantitative estimate of drug-likeness (QED) is 0.368. The number of nitrogens with one attached hydrogen (secondary N) is 1. The molecular weight excluding hydrogens is 160 g/mol. The highest BCUT2D eigenvalue weighted by molar-refractivity contribution is 5.91. The Hall–Kier alpha value is -1.75. The summed E-state index contributed by atoms with van der Waals surface area (Å²) in [6.45, 7) is 0. The normalized spacial score (nSPS) is 9.08. The van der Waals surface area contributed by atoms with Crippen LogP contribution < -0.4 is 5.48 Å². The molecule has 62 valence electrons. The number of aldehydes is 1. The van der Waals surface area contributed by atoms with Crippen LogP contribution in [0.5, 0.6) is 0 Å². The number of hydroxylamine groups is 1. The van der Waals surface area contributed by atoms with Gasteiger partial charge in [0.2, 0.25) is 0 Å². The van der Waals surface area contributed by atoms with Gasteiger partial charge in [-0.1, -0.05) is 0 Å². The number of pyridine rings is 1. The van der Waals surface area contributed by atoms with Gasteiger partial charge in [-0.05, 0) is 12.1 Å². The number of hydrogen-bond donors (Lipinski definition) is 2. The van der Waals surface area contributed by atoms with E-state index in [9.17, 15) is 9.59 Å². The molecule has 1 aromatic rings. The number of carbonyl (C=O) groups is 2. The SMILES string of the molecule is O=Cc1ccc(C(=O)NO)nc1. The number of aromatic nitrogens is 1. The Kier molecular flexibility index (Phi) is 2.49. The summed E-state index contributed by atoms with van der Waals surface area (Å²) in [6, 6.07) is 2.78. The van der Waals surface area contributed by atoms with Crippen LogP contribution in [0.1, 0.15) is 20.8 Å². The first-order chi connectivity index (χ1) is 5.77. The minimum absolute atomic E-state index is 0.0584. The van der Waals surface area contributed by atoms with E-state index < -0.39 is 5.91 Å². The molecule has 0 aliphatic heterocycles. The van der Waals surface area contributed by atoms with Crippen LogP contribution in [0.25, 0.3) is 0 Å². The number of hydrogen-bond acceptors (Lipinski definition) is 4. The monoisotopic (exact) mass is 166 g/mol. The van der Waals surface area contributed by atoms with Crippen LogP contribution in [0.2, 0.25) is 0 Å². The molecule has 0 fully saturated rings. The Labute approximate surface area is 68.0 Å². The molecule has 1 amide bonds. The van der Waals surface area contributed by atoms with Crippen molar-refractivity contribution in [3.05, 3.63) is 29.6 Å². The van der Waals surface area contributed by atoms with Crippen molar-refractivity contribution in [1.29, 1.82) is 0 Å². The van der Waals surface area contributed by atoms with Gasteiger partial charge in [-0.25, -0.2) is 5.48 Å². The highest BCUT2D eigenvalue weighted by atomic mass is 16.5. The fourth-order valence-electron chi connectivity index (χ4n) is 0.667. The van der Waals surface area contributed by atoms with Crippen molar-refractivity contribution in [2.45, 2.75) is 0 Å². The zero-order valence-corrected chi connectivity index (χ0v) is 6.02. The molecule has 0 spiro atoms. The standard InChI is InChI=1S/C7H6N2O3/c10-4-5-1-2-6(8-3-5)7(11)9-12/h1-4,12H,(H,9,11). The average Bonchev–Trinajstić information content (AvgIpc) is 2.17. The van der Waals surface area contributed by atoms with Crippen LogP contribution in [0.15, 0.2) is 18.3 Å². The van der Waals surface area contributed by atoms with Crippen molar-refractivity contribution >= 4 is 12.2 Å². The fourth-order valence-corrected chi connectivity index (χ4v) is 0.667. The van der Waals surface area contributed by atoms with Gasteiger partial charge in [-0.3, -0.25) is 19.8 Å². The lowest BCUT2D eigenvalue weighted by atomic mass is 10.2. The number of nitrogens with zero attached hydrogens (tertiary/aromatic N) is 1. The number of carbonyl (C=O) groups excluding carboxylic acids is 2. The summed E-state index contributed by atoms with van der Waals surface area (Å²) >= 11 is 0. The highest BCUT2D eigenvalue weighted by Gasteiger charge is 2.03. The molecule has 0 radical (unpaired) electrons. The minimum atomic E-state index is -0.701. The van der Waals surface area contributed by atoms with Gasteiger partial charge in [0.05, 0.1) is 0 Å². The van der Waals surface area contributed by atoms with Gasteiger partial charge < -0.3 is 0 Å². The van der Waals surface area contributed by atoms with Crippen molar-refractivity contribution in [2.75, 3.05) is 0 Å². The largest absolute Gasteiger partial charge is 0.298 e. The summed E-state index contributed by atoms with van der Waals surface area (Å²) in [7, 11) is 0. The van der Waals surface area contributed by atoms with Crippen molar-refractivity contribution < 1.29 is 14.8 Å². The molecule has 0 saturated carbocycles. The van der Waals surface area contributed by atoms with E-state index in [4.69, 9.17) is 5.21 Å². The summed E-state index contributed by atoms with van der Waals surface area (Å²) in [5.74, 6) is -0.701.